The number of rotatable bonds is 8. The predicted molar refractivity (Wildman–Crippen MR) is 149 cm³/mol. The van der Waals surface area contributed by atoms with E-state index in [0.29, 0.717) is 34.5 Å². The molecule has 1 amide bonds. The van der Waals surface area contributed by atoms with Gasteiger partial charge in [-0.15, -0.1) is 0 Å². The van der Waals surface area contributed by atoms with Gasteiger partial charge in [0.05, 0.1) is 31.5 Å². The van der Waals surface area contributed by atoms with Crippen LogP contribution >= 0.6 is 0 Å². The number of carbonyl (C=O) groups is 1. The van der Waals surface area contributed by atoms with Crippen LogP contribution in [-0.4, -0.2) is 45.9 Å². The second kappa shape index (κ2) is 10.2. The van der Waals surface area contributed by atoms with Crippen LogP contribution in [0.15, 0.2) is 42.6 Å². The van der Waals surface area contributed by atoms with Crippen molar-refractivity contribution < 1.29 is 18.7 Å². The van der Waals surface area contributed by atoms with Gasteiger partial charge < -0.3 is 24.1 Å². The maximum absolute atomic E-state index is 13.7. The summed E-state index contributed by atoms with van der Waals surface area (Å²) in [5.74, 6) is 2.15. The van der Waals surface area contributed by atoms with E-state index in [0.717, 1.165) is 34.7 Å². The van der Waals surface area contributed by atoms with Gasteiger partial charge in [0.2, 0.25) is 0 Å². The van der Waals surface area contributed by atoms with Crippen molar-refractivity contribution in [3.05, 3.63) is 53.7 Å². The summed E-state index contributed by atoms with van der Waals surface area (Å²) in [4.78, 5) is 15.6. The Morgan fingerprint density at radius 2 is 1.56 bits per heavy atom. The van der Waals surface area contributed by atoms with Gasteiger partial charge in [0, 0.05) is 18.8 Å². The molecule has 0 fully saturated rings. The van der Waals surface area contributed by atoms with Gasteiger partial charge in [0.1, 0.15) is 11.5 Å². The lowest BCUT2D eigenvalue weighted by Gasteiger charge is -2.42. The largest absolute Gasteiger partial charge is 0.540 e. The zero-order valence-corrected chi connectivity index (χ0v) is 23.8. The van der Waals surface area contributed by atoms with E-state index in [-0.39, 0.29) is 11.9 Å². The van der Waals surface area contributed by atoms with Crippen LogP contribution in [0.4, 0.5) is 5.69 Å². The smallest absolute Gasteiger partial charge is 0.260 e. The first-order valence-electron chi connectivity index (χ1n) is 12.9. The monoisotopic (exact) mass is 508 g/mol. The van der Waals surface area contributed by atoms with E-state index < -0.39 is 8.32 Å². The van der Waals surface area contributed by atoms with Crippen molar-refractivity contribution in [1.29, 1.82) is 0 Å². The highest BCUT2D eigenvalue weighted by Crippen LogP contribution is 2.46. The van der Waals surface area contributed by atoms with E-state index in [1.165, 1.54) is 0 Å². The van der Waals surface area contributed by atoms with Crippen LogP contribution in [0.3, 0.4) is 0 Å². The zero-order chi connectivity index (χ0) is 26.2. The number of nitrogens with one attached hydrogen (secondary N) is 1. The molecule has 1 N–H and O–H groups in total. The molecule has 1 atom stereocenters. The number of hydrogen-bond donors (Lipinski definition) is 1. The van der Waals surface area contributed by atoms with Gasteiger partial charge in [0.25, 0.3) is 14.2 Å². The van der Waals surface area contributed by atoms with Gasteiger partial charge in [-0.1, -0.05) is 53.7 Å². The van der Waals surface area contributed by atoms with Crippen molar-refractivity contribution in [2.75, 3.05) is 26.1 Å². The molecular formula is C29H40N2O4Si. The van der Waals surface area contributed by atoms with Crippen LogP contribution in [0.5, 0.6) is 17.2 Å². The number of methoxy groups -OCH3 is 2. The molecule has 2 heterocycles. The molecule has 6 nitrogen and oxygen atoms in total. The van der Waals surface area contributed by atoms with Gasteiger partial charge in [0.15, 0.2) is 5.75 Å². The normalized spacial score (nSPS) is 17.5. The van der Waals surface area contributed by atoms with Crippen LogP contribution in [0.25, 0.3) is 5.57 Å². The Hall–Kier alpha value is -2.93. The highest BCUT2D eigenvalue weighted by molar-refractivity contribution is 6.78. The Bertz CT molecular complexity index is 1120. The lowest BCUT2D eigenvalue weighted by atomic mass is 10.0. The Morgan fingerprint density at radius 3 is 2.11 bits per heavy atom. The average molecular weight is 509 g/mol. The van der Waals surface area contributed by atoms with E-state index in [2.05, 4.69) is 46.9 Å². The molecule has 0 unspecified atom stereocenters. The third-order valence-electron chi connectivity index (χ3n) is 7.90. The molecular weight excluding hydrogens is 468 g/mol. The Balaban J connectivity index is 1.69. The lowest BCUT2D eigenvalue weighted by Crippen LogP contribution is -2.50. The van der Waals surface area contributed by atoms with E-state index >= 15 is 0 Å². The van der Waals surface area contributed by atoms with Crippen LogP contribution < -0.4 is 19.2 Å². The fourth-order valence-electron chi connectivity index (χ4n) is 6.10. The molecule has 0 spiro atoms. The van der Waals surface area contributed by atoms with E-state index in [9.17, 15) is 4.79 Å². The third kappa shape index (κ3) is 4.49. The lowest BCUT2D eigenvalue weighted by molar-refractivity contribution is 0.0796. The van der Waals surface area contributed by atoms with Crippen molar-refractivity contribution in [1.82, 2.24) is 4.90 Å². The van der Waals surface area contributed by atoms with Crippen LogP contribution in [-0.2, 0) is 0 Å². The molecule has 7 heteroatoms. The van der Waals surface area contributed by atoms with E-state index in [1.807, 2.05) is 47.5 Å². The molecule has 2 aliphatic heterocycles. The summed E-state index contributed by atoms with van der Waals surface area (Å²) in [6, 6.07) is 11.9. The number of carbonyl (C=O) groups excluding carboxylic acids is 1. The van der Waals surface area contributed by atoms with Crippen molar-refractivity contribution >= 4 is 25.5 Å². The standard InChI is InChI=1S/C29H40N2O4Si/c1-18(2)36(19(3)4,20(5)6)35-28-15-26-25(14-27(28)34-8)29(32)31-17-22(13-23(31)16-30-26)21-9-11-24(33-7)12-10-21/h9-12,14-15,17-20,23,30H,13,16H2,1-8H3/t23-/m0/s1. The molecule has 194 valence electrons. The predicted octanol–water partition coefficient (Wildman–Crippen LogP) is 6.94. The number of fused-ring (bicyclic) bond motifs is 2. The van der Waals surface area contributed by atoms with Gasteiger partial charge in [-0.3, -0.25) is 4.79 Å². The number of amides is 1. The summed E-state index contributed by atoms with van der Waals surface area (Å²) in [6.07, 6.45) is 2.79. The van der Waals surface area contributed by atoms with Crippen molar-refractivity contribution in [2.45, 2.75) is 70.6 Å². The number of hydrogen-bond acceptors (Lipinski definition) is 5. The van der Waals surface area contributed by atoms with Gasteiger partial charge in [-0.05, 0) is 52.4 Å². The van der Waals surface area contributed by atoms with Gasteiger partial charge in [-0.2, -0.15) is 0 Å². The molecule has 0 aliphatic carbocycles. The minimum Gasteiger partial charge on any atom is -0.540 e. The molecule has 36 heavy (non-hydrogen) atoms. The first-order chi connectivity index (χ1) is 17.1. The number of anilines is 1. The highest BCUT2D eigenvalue weighted by Gasteiger charge is 2.47. The van der Waals surface area contributed by atoms with Crippen LogP contribution in [0, 0.1) is 0 Å². The summed E-state index contributed by atoms with van der Waals surface area (Å²) in [7, 11) is 1.12. The van der Waals surface area contributed by atoms with Gasteiger partial charge >= 0.3 is 0 Å². The first-order valence-corrected chi connectivity index (χ1v) is 15.1. The topological polar surface area (TPSA) is 60.0 Å². The maximum atomic E-state index is 13.7. The van der Waals surface area contributed by atoms with Crippen LogP contribution in [0.2, 0.25) is 16.6 Å². The summed E-state index contributed by atoms with van der Waals surface area (Å²) >= 11 is 0. The van der Waals surface area contributed by atoms with Gasteiger partial charge in [-0.25, -0.2) is 0 Å². The fraction of sp³-hybridized carbons (Fsp3) is 0.483. The maximum Gasteiger partial charge on any atom is 0.260 e. The number of ether oxygens (including phenoxy) is 2. The molecule has 2 aromatic carbocycles. The second-order valence-electron chi connectivity index (χ2n) is 10.8. The Kier molecular flexibility index (Phi) is 7.41. The Morgan fingerprint density at radius 1 is 0.917 bits per heavy atom. The molecule has 0 saturated carbocycles. The van der Waals surface area contributed by atoms with Crippen LogP contribution in [0.1, 0.15) is 63.9 Å². The SMILES string of the molecule is COc1ccc(C2=CN3C(=O)c4cc(OC)c(O[Si](C(C)C)(C(C)C)C(C)C)cc4NC[C@@H]3C2)cc1. The molecule has 0 saturated heterocycles. The fourth-order valence-corrected chi connectivity index (χ4v) is 11.4. The van der Waals surface area contributed by atoms with E-state index in [4.69, 9.17) is 13.9 Å². The molecule has 4 rings (SSSR count). The van der Waals surface area contributed by atoms with Crippen molar-refractivity contribution in [3.63, 3.8) is 0 Å². The van der Waals surface area contributed by atoms with E-state index in [1.54, 1.807) is 14.2 Å². The molecule has 0 bridgehead atoms. The minimum atomic E-state index is -2.19. The Labute approximate surface area is 216 Å². The quantitative estimate of drug-likeness (QED) is 0.391. The summed E-state index contributed by atoms with van der Waals surface area (Å²) in [5, 5.41) is 3.55. The van der Waals surface area contributed by atoms with Crippen molar-refractivity contribution in [2.24, 2.45) is 0 Å². The molecule has 0 radical (unpaired) electrons. The zero-order valence-electron chi connectivity index (χ0n) is 22.8. The first kappa shape index (κ1) is 26.1. The van der Waals surface area contributed by atoms with Crippen molar-refractivity contribution in [3.8, 4) is 17.2 Å². The number of nitrogens with zero attached hydrogens (tertiary/aromatic N) is 1. The number of benzene rings is 2. The third-order valence-corrected chi connectivity index (χ3v) is 13.9. The highest BCUT2D eigenvalue weighted by atomic mass is 28.4. The summed E-state index contributed by atoms with van der Waals surface area (Å²) in [6.45, 7) is 14.3. The summed E-state index contributed by atoms with van der Waals surface area (Å²) in [5.41, 5.74) is 4.97. The minimum absolute atomic E-state index is 0.0200. The summed E-state index contributed by atoms with van der Waals surface area (Å²) < 4.78 is 18.0. The molecule has 2 aliphatic rings. The molecule has 0 aromatic heterocycles. The second-order valence-corrected chi connectivity index (χ2v) is 16.2. The molecule has 2 aromatic rings. The average Bonchev–Trinajstić information content (AvgIpc) is 3.24.